The lowest BCUT2D eigenvalue weighted by molar-refractivity contribution is 0.625. The Bertz CT molecular complexity index is 286. The third-order valence-electron chi connectivity index (χ3n) is 1.84. The molecule has 0 aromatic heterocycles. The fraction of sp³-hybridized carbons (Fsp3) is 0.400. The fourth-order valence-electron chi connectivity index (χ4n) is 1.10. The first-order valence-electron chi connectivity index (χ1n) is 4.18. The van der Waals surface area contributed by atoms with E-state index >= 15 is 0 Å². The molecule has 13 heavy (non-hydrogen) atoms. The maximum absolute atomic E-state index is 13.0. The molecule has 0 amide bonds. The Labute approximate surface area is 91.2 Å². The second-order valence-corrected chi connectivity index (χ2v) is 4.97. The van der Waals surface area contributed by atoms with Gasteiger partial charge in [0.05, 0.1) is 5.02 Å². The van der Waals surface area contributed by atoms with E-state index in [1.165, 1.54) is 6.07 Å². The summed E-state index contributed by atoms with van der Waals surface area (Å²) in [6.07, 6.45) is 1.77. The van der Waals surface area contributed by atoms with Crippen LogP contribution in [0.25, 0.3) is 0 Å². The number of rotatable bonds is 3. The Hall–Kier alpha value is -0.0800. The summed E-state index contributed by atoms with van der Waals surface area (Å²) < 4.78 is 13.0. The van der Waals surface area contributed by atoms with Crippen LogP contribution in [-0.4, -0.2) is 4.83 Å². The molecule has 0 radical (unpaired) electrons. The van der Waals surface area contributed by atoms with Gasteiger partial charge in [0.1, 0.15) is 5.82 Å². The van der Waals surface area contributed by atoms with Gasteiger partial charge in [-0.25, -0.2) is 4.39 Å². The highest BCUT2D eigenvalue weighted by Gasteiger charge is 2.06. The van der Waals surface area contributed by atoms with E-state index in [1.807, 2.05) is 6.07 Å². The molecule has 0 N–H and O–H groups in total. The van der Waals surface area contributed by atoms with Crippen molar-refractivity contribution in [2.24, 2.45) is 0 Å². The molecule has 0 aliphatic rings. The van der Waals surface area contributed by atoms with Crippen molar-refractivity contribution in [3.63, 3.8) is 0 Å². The number of aryl methyl sites for hydroxylation is 1. The van der Waals surface area contributed by atoms with Crippen LogP contribution in [0.5, 0.6) is 0 Å². The molecular weight excluding hydrogens is 254 g/mol. The van der Waals surface area contributed by atoms with Crippen molar-refractivity contribution >= 4 is 27.5 Å². The normalized spacial score (nSPS) is 12.9. The van der Waals surface area contributed by atoms with Crippen LogP contribution in [0.1, 0.15) is 18.9 Å². The molecule has 1 rings (SSSR count). The van der Waals surface area contributed by atoms with Crippen LogP contribution in [0.2, 0.25) is 5.02 Å². The van der Waals surface area contributed by atoms with Gasteiger partial charge in [-0.05, 0) is 24.5 Å². The fourth-order valence-corrected chi connectivity index (χ4v) is 1.55. The van der Waals surface area contributed by atoms with Gasteiger partial charge in [-0.2, -0.15) is 0 Å². The molecule has 0 aliphatic heterocycles. The quantitative estimate of drug-likeness (QED) is 0.719. The first-order valence-corrected chi connectivity index (χ1v) is 5.47. The molecule has 1 aromatic carbocycles. The Morgan fingerprint density at radius 3 is 2.85 bits per heavy atom. The summed E-state index contributed by atoms with van der Waals surface area (Å²) in [6, 6.07) is 4.93. The third kappa shape index (κ3) is 3.28. The van der Waals surface area contributed by atoms with Crippen LogP contribution in [0.4, 0.5) is 4.39 Å². The van der Waals surface area contributed by atoms with Crippen molar-refractivity contribution in [3.05, 3.63) is 34.6 Å². The molecule has 3 heteroatoms. The molecule has 0 heterocycles. The molecule has 0 bridgehead atoms. The van der Waals surface area contributed by atoms with Crippen molar-refractivity contribution in [2.75, 3.05) is 0 Å². The van der Waals surface area contributed by atoms with Gasteiger partial charge in [0, 0.05) is 4.83 Å². The van der Waals surface area contributed by atoms with Gasteiger partial charge < -0.3 is 0 Å². The standard InChI is InChI=1S/C10H11BrClF/c1-7(11)5-6-8-3-2-4-9(13)10(8)12/h2-4,7H,5-6H2,1H3. The Balaban J connectivity index is 2.71. The summed E-state index contributed by atoms with van der Waals surface area (Å²) in [6.45, 7) is 2.06. The molecule has 0 saturated carbocycles. The predicted octanol–water partition coefficient (Wildman–Crippen LogP) is 4.20. The molecular formula is C10H11BrClF. The van der Waals surface area contributed by atoms with Gasteiger partial charge in [-0.1, -0.05) is 46.6 Å². The average molecular weight is 266 g/mol. The van der Waals surface area contributed by atoms with Gasteiger partial charge in [-0.15, -0.1) is 0 Å². The monoisotopic (exact) mass is 264 g/mol. The van der Waals surface area contributed by atoms with Crippen LogP contribution >= 0.6 is 27.5 Å². The Kier molecular flexibility index (Phi) is 4.20. The summed E-state index contributed by atoms with van der Waals surface area (Å²) in [7, 11) is 0. The summed E-state index contributed by atoms with van der Waals surface area (Å²) in [5.74, 6) is -0.332. The summed E-state index contributed by atoms with van der Waals surface area (Å²) >= 11 is 9.22. The number of hydrogen-bond donors (Lipinski definition) is 0. The molecule has 1 atom stereocenters. The van der Waals surface area contributed by atoms with E-state index < -0.39 is 0 Å². The minimum atomic E-state index is -0.332. The number of alkyl halides is 1. The van der Waals surface area contributed by atoms with Gasteiger partial charge in [0.15, 0.2) is 0 Å². The van der Waals surface area contributed by atoms with Crippen LogP contribution < -0.4 is 0 Å². The van der Waals surface area contributed by atoms with Crippen LogP contribution in [0.3, 0.4) is 0 Å². The summed E-state index contributed by atoms with van der Waals surface area (Å²) in [5.41, 5.74) is 0.882. The lowest BCUT2D eigenvalue weighted by atomic mass is 10.1. The van der Waals surface area contributed by atoms with E-state index in [9.17, 15) is 4.39 Å². The topological polar surface area (TPSA) is 0 Å². The minimum Gasteiger partial charge on any atom is -0.205 e. The molecule has 0 saturated heterocycles. The minimum absolute atomic E-state index is 0.260. The van der Waals surface area contributed by atoms with Crippen molar-refractivity contribution < 1.29 is 4.39 Å². The lowest BCUT2D eigenvalue weighted by Gasteiger charge is -2.05. The molecule has 1 unspecified atom stereocenters. The van der Waals surface area contributed by atoms with Gasteiger partial charge in [-0.3, -0.25) is 0 Å². The van der Waals surface area contributed by atoms with Crippen molar-refractivity contribution in [1.82, 2.24) is 0 Å². The molecule has 0 fully saturated rings. The third-order valence-corrected chi connectivity index (χ3v) is 2.72. The highest BCUT2D eigenvalue weighted by molar-refractivity contribution is 9.09. The van der Waals surface area contributed by atoms with E-state index in [-0.39, 0.29) is 10.8 Å². The highest BCUT2D eigenvalue weighted by atomic mass is 79.9. The van der Waals surface area contributed by atoms with Crippen LogP contribution in [0.15, 0.2) is 18.2 Å². The number of halogens is 3. The highest BCUT2D eigenvalue weighted by Crippen LogP contribution is 2.22. The van der Waals surface area contributed by atoms with Crippen molar-refractivity contribution in [1.29, 1.82) is 0 Å². The van der Waals surface area contributed by atoms with Gasteiger partial charge >= 0.3 is 0 Å². The van der Waals surface area contributed by atoms with E-state index in [4.69, 9.17) is 11.6 Å². The second kappa shape index (κ2) is 4.97. The van der Waals surface area contributed by atoms with Crippen LogP contribution in [-0.2, 0) is 6.42 Å². The summed E-state index contributed by atoms with van der Waals surface area (Å²) in [5, 5.41) is 0.260. The van der Waals surface area contributed by atoms with E-state index in [0.717, 1.165) is 18.4 Å². The molecule has 0 spiro atoms. The van der Waals surface area contributed by atoms with Crippen molar-refractivity contribution in [2.45, 2.75) is 24.6 Å². The second-order valence-electron chi connectivity index (χ2n) is 3.03. The van der Waals surface area contributed by atoms with E-state index in [0.29, 0.717) is 4.83 Å². The largest absolute Gasteiger partial charge is 0.205 e. The first-order chi connectivity index (χ1) is 6.11. The number of hydrogen-bond acceptors (Lipinski definition) is 0. The smallest absolute Gasteiger partial charge is 0.142 e. The van der Waals surface area contributed by atoms with Crippen molar-refractivity contribution in [3.8, 4) is 0 Å². The van der Waals surface area contributed by atoms with Crippen LogP contribution in [0, 0.1) is 5.82 Å². The SMILES string of the molecule is CC(Br)CCc1cccc(F)c1Cl. The zero-order chi connectivity index (χ0) is 9.84. The summed E-state index contributed by atoms with van der Waals surface area (Å²) in [4.78, 5) is 0.437. The first kappa shape index (κ1) is 11.0. The maximum atomic E-state index is 13.0. The van der Waals surface area contributed by atoms with Gasteiger partial charge in [0.2, 0.25) is 0 Å². The molecule has 72 valence electrons. The molecule has 0 nitrogen and oxygen atoms in total. The molecule has 0 aliphatic carbocycles. The van der Waals surface area contributed by atoms with E-state index in [2.05, 4.69) is 22.9 Å². The van der Waals surface area contributed by atoms with E-state index in [1.54, 1.807) is 6.07 Å². The zero-order valence-electron chi connectivity index (χ0n) is 7.36. The maximum Gasteiger partial charge on any atom is 0.142 e. The number of benzene rings is 1. The molecule has 1 aromatic rings. The lowest BCUT2D eigenvalue weighted by Crippen LogP contribution is -1.95. The average Bonchev–Trinajstić information content (AvgIpc) is 2.07. The van der Waals surface area contributed by atoms with Gasteiger partial charge in [0.25, 0.3) is 0 Å². The predicted molar refractivity (Wildman–Crippen MR) is 58.1 cm³/mol. The Morgan fingerprint density at radius 2 is 2.23 bits per heavy atom. The Morgan fingerprint density at radius 1 is 1.54 bits per heavy atom. The zero-order valence-corrected chi connectivity index (χ0v) is 9.70.